The number of fused-ring (bicyclic) bond motifs is 1. The summed E-state index contributed by atoms with van der Waals surface area (Å²) in [7, 11) is 0. The lowest BCUT2D eigenvalue weighted by atomic mass is 9.89. The maximum Gasteiger partial charge on any atom is 0.171 e. The summed E-state index contributed by atoms with van der Waals surface area (Å²) in [5.74, 6) is 1.71. The van der Waals surface area contributed by atoms with E-state index in [9.17, 15) is 9.15 Å². The number of halogens is 1. The Morgan fingerprint density at radius 1 is 1.36 bits per heavy atom. The summed E-state index contributed by atoms with van der Waals surface area (Å²) in [6, 6.07) is 6.11. The van der Waals surface area contributed by atoms with Gasteiger partial charge in [-0.2, -0.15) is 10.4 Å². The molecule has 1 fully saturated rings. The predicted molar refractivity (Wildman–Crippen MR) is 112 cm³/mol. The summed E-state index contributed by atoms with van der Waals surface area (Å²) < 4.78 is 18.7. The molecule has 3 aromatic rings. The molecule has 1 aliphatic heterocycles. The van der Waals surface area contributed by atoms with E-state index in [1.807, 2.05) is 41.2 Å². The third kappa shape index (κ3) is 3.41. The minimum atomic E-state index is -0.288. The Bertz CT molecular complexity index is 1020. The molecule has 4 rings (SSSR count). The van der Waals surface area contributed by atoms with Crippen molar-refractivity contribution in [3.05, 3.63) is 36.9 Å². The Balaban J connectivity index is 1.60. The molecule has 146 valence electrons. The van der Waals surface area contributed by atoms with Gasteiger partial charge in [-0.1, -0.05) is 25.8 Å². The van der Waals surface area contributed by atoms with E-state index in [1.165, 1.54) is 3.97 Å². The van der Waals surface area contributed by atoms with Gasteiger partial charge in [-0.15, -0.1) is 3.89 Å². The van der Waals surface area contributed by atoms with Gasteiger partial charge >= 0.3 is 0 Å². The van der Waals surface area contributed by atoms with Crippen LogP contribution in [-0.4, -0.2) is 41.9 Å². The van der Waals surface area contributed by atoms with Gasteiger partial charge in [-0.3, -0.25) is 4.68 Å². The van der Waals surface area contributed by atoms with Crippen molar-refractivity contribution in [2.75, 3.05) is 18.8 Å². The van der Waals surface area contributed by atoms with E-state index >= 15 is 0 Å². The van der Waals surface area contributed by atoms with Crippen molar-refractivity contribution in [3.8, 4) is 17.2 Å². The lowest BCUT2D eigenvalue weighted by Gasteiger charge is -2.48. The molecule has 0 unspecified atom stereocenters. The van der Waals surface area contributed by atoms with Crippen LogP contribution >= 0.6 is 24.3 Å². The van der Waals surface area contributed by atoms with Crippen LogP contribution in [-0.2, 0) is 5.54 Å². The smallest absolute Gasteiger partial charge is 0.171 e. The fraction of sp³-hybridized carbons (Fsp3) is 0.421. The Morgan fingerprint density at radius 2 is 2.18 bits per heavy atom. The van der Waals surface area contributed by atoms with Gasteiger partial charge in [0.25, 0.3) is 0 Å². The van der Waals surface area contributed by atoms with E-state index < -0.39 is 0 Å². The van der Waals surface area contributed by atoms with Crippen LogP contribution in [0.4, 0.5) is 3.89 Å². The molecule has 0 amide bonds. The summed E-state index contributed by atoms with van der Waals surface area (Å²) in [6.07, 6.45) is 7.59. The van der Waals surface area contributed by atoms with Crippen LogP contribution in [0.1, 0.15) is 20.3 Å². The van der Waals surface area contributed by atoms with Crippen LogP contribution in [0.25, 0.3) is 22.2 Å². The molecule has 1 saturated heterocycles. The van der Waals surface area contributed by atoms with E-state index in [0.717, 1.165) is 35.4 Å². The van der Waals surface area contributed by atoms with Crippen LogP contribution < -0.4 is 0 Å². The normalized spacial score (nSPS) is 16.4. The number of hydrogen-bond donors (Lipinski definition) is 0. The first-order valence-electron chi connectivity index (χ1n) is 9.12. The fourth-order valence-electron chi connectivity index (χ4n) is 3.48. The van der Waals surface area contributed by atoms with Gasteiger partial charge in [0.1, 0.15) is 5.54 Å². The van der Waals surface area contributed by atoms with Gasteiger partial charge in [-0.25, -0.2) is 13.3 Å². The molecular weight excluding hydrogens is 395 g/mol. The van der Waals surface area contributed by atoms with Crippen molar-refractivity contribution in [1.82, 2.24) is 23.0 Å². The van der Waals surface area contributed by atoms with Crippen molar-refractivity contribution in [3.63, 3.8) is 0 Å². The Morgan fingerprint density at radius 3 is 2.89 bits per heavy atom. The van der Waals surface area contributed by atoms with Gasteiger partial charge < -0.3 is 0 Å². The van der Waals surface area contributed by atoms with E-state index in [4.69, 9.17) is 0 Å². The zero-order valence-corrected chi connectivity index (χ0v) is 17.4. The molecule has 1 aliphatic rings. The Kier molecular flexibility index (Phi) is 5.36. The average Bonchev–Trinajstić information content (AvgIpc) is 3.30. The third-order valence-electron chi connectivity index (χ3n) is 4.95. The monoisotopic (exact) mass is 416 g/mol. The zero-order chi connectivity index (χ0) is 19.7. The first kappa shape index (κ1) is 19.3. The van der Waals surface area contributed by atoms with Crippen LogP contribution in [0.3, 0.4) is 0 Å². The van der Waals surface area contributed by atoms with E-state index in [-0.39, 0.29) is 17.9 Å². The molecule has 3 aromatic heterocycles. The minimum absolute atomic E-state index is 0.134. The molecule has 0 spiro atoms. The van der Waals surface area contributed by atoms with E-state index in [2.05, 4.69) is 34.3 Å². The largest absolute Gasteiger partial charge is 0.262 e. The molecule has 0 radical (unpaired) electrons. The van der Waals surface area contributed by atoms with Crippen LogP contribution in [0.5, 0.6) is 0 Å². The average molecular weight is 417 g/mol. The number of nitriles is 1. The summed E-state index contributed by atoms with van der Waals surface area (Å²) >= 11 is 1.97. The van der Waals surface area contributed by atoms with E-state index in [0.29, 0.717) is 18.0 Å². The molecule has 6 nitrogen and oxygen atoms in total. The quantitative estimate of drug-likeness (QED) is 0.528. The maximum atomic E-state index is 13.1. The van der Waals surface area contributed by atoms with Gasteiger partial charge in [0.05, 0.1) is 18.7 Å². The highest BCUT2D eigenvalue weighted by Gasteiger charge is 2.45. The zero-order valence-electron chi connectivity index (χ0n) is 15.7. The molecule has 28 heavy (non-hydrogen) atoms. The van der Waals surface area contributed by atoms with Crippen molar-refractivity contribution in [1.29, 1.82) is 5.26 Å². The van der Waals surface area contributed by atoms with Crippen LogP contribution in [0.15, 0.2) is 36.9 Å². The highest BCUT2D eigenvalue weighted by molar-refractivity contribution is 7.97. The molecule has 4 heterocycles. The van der Waals surface area contributed by atoms with Crippen molar-refractivity contribution < 1.29 is 3.89 Å². The molecule has 9 heteroatoms. The number of nitrogens with zero attached hydrogens (tertiary/aromatic N) is 6. The summed E-state index contributed by atoms with van der Waals surface area (Å²) in [5, 5.41) is 14.8. The first-order valence-corrected chi connectivity index (χ1v) is 10.7. The molecule has 0 bridgehead atoms. The number of rotatable bonds is 7. The predicted octanol–water partition coefficient (Wildman–Crippen LogP) is 4.51. The molecule has 0 saturated carbocycles. The number of aromatic nitrogens is 4. The molecular formula is C19H21FN6S2. The molecule has 0 N–H and O–H groups in total. The van der Waals surface area contributed by atoms with Crippen molar-refractivity contribution in [2.24, 2.45) is 5.92 Å². The third-order valence-corrected chi connectivity index (χ3v) is 6.83. The minimum Gasteiger partial charge on any atom is -0.262 e. The summed E-state index contributed by atoms with van der Waals surface area (Å²) in [6.45, 7) is 6.03. The fourth-order valence-corrected chi connectivity index (χ4v) is 4.97. The highest BCUT2D eigenvalue weighted by Crippen LogP contribution is 2.38. The summed E-state index contributed by atoms with van der Waals surface area (Å²) in [4.78, 5) is 4.28. The standard InChI is InChI=1S/C19H21FN6S2/c1-14(2)11-27-24-12-19(13-24,5-6-21)26-10-15(9-23-26)16-3-7-22-18-17(16)4-8-25(18)28-20/h3-4,7-10,14H,5,11-13H2,1-2H3. The van der Waals surface area contributed by atoms with Crippen molar-refractivity contribution >= 4 is 35.3 Å². The second-order valence-electron chi connectivity index (χ2n) is 7.53. The van der Waals surface area contributed by atoms with Crippen LogP contribution in [0, 0.1) is 17.2 Å². The van der Waals surface area contributed by atoms with Gasteiger partial charge in [-0.05, 0) is 23.6 Å². The Labute approximate surface area is 172 Å². The molecule has 0 aromatic carbocycles. The second kappa shape index (κ2) is 7.78. The topological polar surface area (TPSA) is 62.7 Å². The highest BCUT2D eigenvalue weighted by atomic mass is 32.2. The van der Waals surface area contributed by atoms with Gasteiger partial charge in [0.15, 0.2) is 18.0 Å². The lowest BCUT2D eigenvalue weighted by Crippen LogP contribution is -2.60. The molecule has 0 atom stereocenters. The number of pyridine rings is 1. The second-order valence-corrected chi connectivity index (χ2v) is 9.17. The molecule has 0 aliphatic carbocycles. The Hall–Kier alpha value is -2.02. The van der Waals surface area contributed by atoms with E-state index in [1.54, 1.807) is 12.4 Å². The number of hydrogen-bond acceptors (Lipinski definition) is 6. The van der Waals surface area contributed by atoms with Crippen LogP contribution in [0.2, 0.25) is 0 Å². The first-order chi connectivity index (χ1) is 13.6. The maximum absolute atomic E-state index is 13.1. The van der Waals surface area contributed by atoms with Gasteiger partial charge in [0, 0.05) is 48.4 Å². The van der Waals surface area contributed by atoms with Gasteiger partial charge in [0.2, 0.25) is 0 Å². The SMILES string of the molecule is CC(C)CSN1CC(CC#N)(n2cc(-c3ccnc4c3ccn4SF)cn2)C1. The van der Waals surface area contributed by atoms with Crippen molar-refractivity contribution in [2.45, 2.75) is 25.8 Å². The lowest BCUT2D eigenvalue weighted by molar-refractivity contribution is 0.0810. The summed E-state index contributed by atoms with van der Waals surface area (Å²) in [5.41, 5.74) is 2.20.